The minimum absolute atomic E-state index is 0.0860. The minimum Gasteiger partial charge on any atom is -0.383 e. The van der Waals surface area contributed by atoms with E-state index in [1.807, 2.05) is 19.9 Å². The lowest BCUT2D eigenvalue weighted by Crippen LogP contribution is -2.40. The Kier molecular flexibility index (Phi) is 5.87. The van der Waals surface area contributed by atoms with E-state index >= 15 is 0 Å². The summed E-state index contributed by atoms with van der Waals surface area (Å²) in [4.78, 5) is 13.2. The highest BCUT2D eigenvalue weighted by Crippen LogP contribution is 2.37. The second-order valence-electron chi connectivity index (χ2n) is 8.41. The smallest absolute Gasteiger partial charge is 0.346 e. The van der Waals surface area contributed by atoms with Crippen molar-refractivity contribution < 1.29 is 13.2 Å². The number of ether oxygens (including phenoxy) is 1. The Morgan fingerprint density at radius 2 is 1.93 bits per heavy atom. The summed E-state index contributed by atoms with van der Waals surface area (Å²) >= 11 is 0. The van der Waals surface area contributed by atoms with Gasteiger partial charge in [-0.05, 0) is 62.8 Å². The fourth-order valence-electron chi connectivity index (χ4n) is 4.11. The van der Waals surface area contributed by atoms with Crippen LogP contribution in [0.3, 0.4) is 0 Å². The molecular formula is C21H30N4O4S. The highest BCUT2D eigenvalue weighted by molar-refractivity contribution is 7.89. The van der Waals surface area contributed by atoms with Gasteiger partial charge in [-0.15, -0.1) is 0 Å². The average Bonchev–Trinajstić information content (AvgIpc) is 3.51. The van der Waals surface area contributed by atoms with Crippen LogP contribution in [0.4, 0.5) is 0 Å². The molecule has 1 aliphatic heterocycles. The highest BCUT2D eigenvalue weighted by Gasteiger charge is 2.37. The van der Waals surface area contributed by atoms with E-state index in [1.165, 1.54) is 4.68 Å². The number of aromatic nitrogens is 3. The van der Waals surface area contributed by atoms with Crippen LogP contribution < -0.4 is 5.69 Å². The van der Waals surface area contributed by atoms with Gasteiger partial charge in [0.15, 0.2) is 0 Å². The number of methoxy groups -OCH3 is 1. The summed E-state index contributed by atoms with van der Waals surface area (Å²) in [5.74, 6) is 0.635. The Bertz CT molecular complexity index is 1080. The second kappa shape index (κ2) is 8.28. The number of aryl methyl sites for hydroxylation is 2. The van der Waals surface area contributed by atoms with Crippen molar-refractivity contribution in [2.24, 2.45) is 0 Å². The van der Waals surface area contributed by atoms with E-state index in [0.717, 1.165) is 42.6 Å². The molecule has 0 amide bonds. The van der Waals surface area contributed by atoms with Crippen molar-refractivity contribution >= 4 is 10.0 Å². The molecule has 0 bridgehead atoms. The van der Waals surface area contributed by atoms with Gasteiger partial charge in [0, 0.05) is 32.2 Å². The number of rotatable bonds is 7. The van der Waals surface area contributed by atoms with Crippen molar-refractivity contribution in [3.05, 3.63) is 45.6 Å². The number of nitrogens with zero attached hydrogens (tertiary/aromatic N) is 4. The quantitative estimate of drug-likeness (QED) is 0.667. The van der Waals surface area contributed by atoms with Gasteiger partial charge in [-0.1, -0.05) is 6.07 Å². The lowest BCUT2D eigenvalue weighted by atomic mass is 9.99. The summed E-state index contributed by atoms with van der Waals surface area (Å²) < 4.78 is 36.5. The number of sulfonamides is 1. The predicted octanol–water partition coefficient (Wildman–Crippen LogP) is 2.21. The van der Waals surface area contributed by atoms with Crippen LogP contribution >= 0.6 is 0 Å². The molecule has 0 spiro atoms. The van der Waals surface area contributed by atoms with Crippen LogP contribution in [0.2, 0.25) is 0 Å². The summed E-state index contributed by atoms with van der Waals surface area (Å²) in [7, 11) is -1.99. The number of hydrogen-bond donors (Lipinski definition) is 0. The van der Waals surface area contributed by atoms with Crippen LogP contribution in [-0.2, 0) is 21.3 Å². The molecule has 2 aliphatic rings. The Labute approximate surface area is 177 Å². The van der Waals surface area contributed by atoms with Gasteiger partial charge < -0.3 is 4.74 Å². The second-order valence-corrected chi connectivity index (χ2v) is 10.3. The fourth-order valence-corrected chi connectivity index (χ4v) is 5.72. The SMILES string of the molecule is COCCn1nc(C2CCCN(S(=O)(=O)c3ccc(C)c(C)c3)C2)n(C2CC2)c1=O. The van der Waals surface area contributed by atoms with Crippen molar-refractivity contribution in [2.45, 2.75) is 62.9 Å². The van der Waals surface area contributed by atoms with Crippen LogP contribution in [0.25, 0.3) is 0 Å². The molecule has 1 saturated heterocycles. The molecule has 1 atom stereocenters. The molecule has 8 nitrogen and oxygen atoms in total. The molecule has 2 heterocycles. The first-order valence-corrected chi connectivity index (χ1v) is 12.0. The standard InChI is InChI=1S/C21H30N4O4S/c1-15-6-9-19(13-16(15)2)30(27,28)23-10-4-5-17(14-23)20-22-24(11-12-29-3)21(26)25(20)18-7-8-18/h6,9,13,17-18H,4-5,7-8,10-12,14H2,1-3H3. The molecule has 164 valence electrons. The van der Waals surface area contributed by atoms with Gasteiger partial charge in [-0.25, -0.2) is 17.9 Å². The normalized spacial score (nSPS) is 20.6. The molecule has 0 radical (unpaired) electrons. The Morgan fingerprint density at radius 1 is 1.17 bits per heavy atom. The van der Waals surface area contributed by atoms with E-state index < -0.39 is 10.0 Å². The molecule has 9 heteroatoms. The van der Waals surface area contributed by atoms with Crippen LogP contribution in [0.5, 0.6) is 0 Å². The third-order valence-corrected chi connectivity index (χ3v) is 8.04. The van der Waals surface area contributed by atoms with E-state index in [2.05, 4.69) is 5.10 Å². The van der Waals surface area contributed by atoms with Crippen molar-refractivity contribution in [2.75, 3.05) is 26.8 Å². The monoisotopic (exact) mass is 434 g/mol. The van der Waals surface area contributed by atoms with Crippen LogP contribution in [0.15, 0.2) is 27.9 Å². The van der Waals surface area contributed by atoms with Gasteiger partial charge in [0.2, 0.25) is 10.0 Å². The summed E-state index contributed by atoms with van der Waals surface area (Å²) in [5, 5.41) is 4.61. The van der Waals surface area contributed by atoms with Gasteiger partial charge >= 0.3 is 5.69 Å². The molecule has 1 aliphatic carbocycles. The molecule has 30 heavy (non-hydrogen) atoms. The highest BCUT2D eigenvalue weighted by atomic mass is 32.2. The molecular weight excluding hydrogens is 404 g/mol. The lowest BCUT2D eigenvalue weighted by molar-refractivity contribution is 0.182. The maximum absolute atomic E-state index is 13.3. The molecule has 1 saturated carbocycles. The van der Waals surface area contributed by atoms with Gasteiger partial charge in [-0.2, -0.15) is 9.40 Å². The molecule has 1 aromatic carbocycles. The van der Waals surface area contributed by atoms with Gasteiger partial charge in [0.1, 0.15) is 5.82 Å². The molecule has 2 aromatic rings. The summed E-state index contributed by atoms with van der Waals surface area (Å²) in [5.41, 5.74) is 1.92. The van der Waals surface area contributed by atoms with Crippen LogP contribution in [-0.4, -0.2) is 53.9 Å². The first-order valence-electron chi connectivity index (χ1n) is 10.6. The molecule has 0 N–H and O–H groups in total. The third-order valence-electron chi connectivity index (χ3n) is 6.18. The van der Waals surface area contributed by atoms with Crippen LogP contribution in [0.1, 0.15) is 54.6 Å². The zero-order chi connectivity index (χ0) is 21.5. The van der Waals surface area contributed by atoms with Crippen molar-refractivity contribution in [3.63, 3.8) is 0 Å². The van der Waals surface area contributed by atoms with Gasteiger partial charge in [0.25, 0.3) is 0 Å². The number of piperidine rings is 1. The first kappa shape index (κ1) is 21.3. The lowest BCUT2D eigenvalue weighted by Gasteiger charge is -2.31. The summed E-state index contributed by atoms with van der Waals surface area (Å²) in [6.45, 7) is 5.55. The predicted molar refractivity (Wildman–Crippen MR) is 113 cm³/mol. The van der Waals surface area contributed by atoms with Gasteiger partial charge in [0.05, 0.1) is 18.0 Å². The molecule has 1 aromatic heterocycles. The summed E-state index contributed by atoms with van der Waals surface area (Å²) in [6.07, 6.45) is 3.52. The largest absolute Gasteiger partial charge is 0.383 e. The zero-order valence-electron chi connectivity index (χ0n) is 17.9. The Balaban J connectivity index is 1.63. The van der Waals surface area contributed by atoms with E-state index in [0.29, 0.717) is 31.1 Å². The van der Waals surface area contributed by atoms with E-state index in [4.69, 9.17) is 4.74 Å². The van der Waals surface area contributed by atoms with Crippen molar-refractivity contribution in [3.8, 4) is 0 Å². The van der Waals surface area contributed by atoms with Crippen molar-refractivity contribution in [1.82, 2.24) is 18.7 Å². The molecule has 1 unspecified atom stereocenters. The number of benzene rings is 1. The zero-order valence-corrected chi connectivity index (χ0v) is 18.7. The van der Waals surface area contributed by atoms with Crippen LogP contribution in [0, 0.1) is 13.8 Å². The third kappa shape index (κ3) is 3.98. The van der Waals surface area contributed by atoms with E-state index in [1.54, 1.807) is 28.1 Å². The minimum atomic E-state index is -3.59. The maximum Gasteiger partial charge on any atom is 0.346 e. The maximum atomic E-state index is 13.3. The number of hydrogen-bond acceptors (Lipinski definition) is 5. The molecule has 4 rings (SSSR count). The van der Waals surface area contributed by atoms with E-state index in [9.17, 15) is 13.2 Å². The average molecular weight is 435 g/mol. The Hall–Kier alpha value is -1.97. The fraction of sp³-hybridized carbons (Fsp3) is 0.619. The first-order chi connectivity index (χ1) is 14.3. The van der Waals surface area contributed by atoms with Gasteiger partial charge in [-0.3, -0.25) is 4.57 Å². The topological polar surface area (TPSA) is 86.4 Å². The molecule has 2 fully saturated rings. The van der Waals surface area contributed by atoms with Crippen molar-refractivity contribution in [1.29, 1.82) is 0 Å². The summed E-state index contributed by atoms with van der Waals surface area (Å²) in [6, 6.07) is 5.47. The van der Waals surface area contributed by atoms with E-state index in [-0.39, 0.29) is 17.6 Å². The Morgan fingerprint density at radius 3 is 2.60 bits per heavy atom.